The van der Waals surface area contributed by atoms with Crippen molar-refractivity contribution < 1.29 is 19.5 Å². The van der Waals surface area contributed by atoms with Crippen molar-refractivity contribution in [3.05, 3.63) is 35.9 Å². The Hall–Kier alpha value is -2.22. The molecule has 1 heterocycles. The zero-order chi connectivity index (χ0) is 19.0. The van der Waals surface area contributed by atoms with Gasteiger partial charge in [-0.05, 0) is 29.9 Å². The van der Waals surface area contributed by atoms with E-state index in [1.54, 1.807) is 18.8 Å². The third kappa shape index (κ3) is 5.66. The Bertz CT molecular complexity index is 633. The number of urea groups is 1. The largest absolute Gasteiger partial charge is 0.480 e. The number of hydrogen-bond donors (Lipinski definition) is 3. The van der Waals surface area contributed by atoms with E-state index in [4.69, 9.17) is 0 Å². The van der Waals surface area contributed by atoms with E-state index in [1.807, 2.05) is 30.3 Å². The van der Waals surface area contributed by atoms with E-state index in [1.165, 1.54) is 4.90 Å². The maximum atomic E-state index is 12.1. The Labute approximate surface area is 157 Å². The lowest BCUT2D eigenvalue weighted by molar-refractivity contribution is -0.148. The molecule has 0 saturated carbocycles. The summed E-state index contributed by atoms with van der Waals surface area (Å²) in [6, 6.07) is 9.33. The second-order valence-corrected chi connectivity index (χ2v) is 7.60. The molecule has 0 atom stereocenters. The Morgan fingerprint density at radius 2 is 1.85 bits per heavy atom. The minimum absolute atomic E-state index is 0.0487. The van der Waals surface area contributed by atoms with Gasteiger partial charge in [-0.25, -0.2) is 9.59 Å². The monoisotopic (exact) mass is 379 g/mol. The van der Waals surface area contributed by atoms with Gasteiger partial charge in [-0.3, -0.25) is 4.79 Å². The quantitative estimate of drug-likeness (QED) is 0.670. The number of benzene rings is 1. The molecule has 1 aliphatic heterocycles. The molecule has 7 nitrogen and oxygen atoms in total. The molecule has 1 aliphatic rings. The molecular weight excluding hydrogens is 354 g/mol. The van der Waals surface area contributed by atoms with Gasteiger partial charge in [0.05, 0.1) is 0 Å². The molecule has 0 aromatic heterocycles. The van der Waals surface area contributed by atoms with Gasteiger partial charge >= 0.3 is 12.0 Å². The van der Waals surface area contributed by atoms with Crippen LogP contribution in [0, 0.1) is 0 Å². The van der Waals surface area contributed by atoms with Crippen molar-refractivity contribution in [2.24, 2.45) is 0 Å². The second-order valence-electron chi connectivity index (χ2n) is 6.37. The molecule has 1 aromatic carbocycles. The van der Waals surface area contributed by atoms with Crippen LogP contribution < -0.4 is 10.6 Å². The van der Waals surface area contributed by atoms with E-state index in [0.29, 0.717) is 30.9 Å². The topological polar surface area (TPSA) is 98.7 Å². The molecule has 1 saturated heterocycles. The number of nitrogens with one attached hydrogen (secondary N) is 2. The van der Waals surface area contributed by atoms with Gasteiger partial charge in [0.2, 0.25) is 5.91 Å². The summed E-state index contributed by atoms with van der Waals surface area (Å²) in [6.45, 7) is 0.632. The van der Waals surface area contributed by atoms with Crippen LogP contribution in [0.1, 0.15) is 24.8 Å². The fraction of sp³-hybridized carbons (Fsp3) is 0.500. The van der Waals surface area contributed by atoms with Crippen molar-refractivity contribution in [1.29, 1.82) is 0 Å². The van der Waals surface area contributed by atoms with Crippen LogP contribution in [0.15, 0.2) is 30.3 Å². The summed E-state index contributed by atoms with van der Waals surface area (Å²) in [6.07, 6.45) is 0.892. The van der Waals surface area contributed by atoms with E-state index in [0.717, 1.165) is 5.56 Å². The van der Waals surface area contributed by atoms with Crippen LogP contribution in [-0.2, 0) is 16.1 Å². The molecule has 26 heavy (non-hydrogen) atoms. The van der Waals surface area contributed by atoms with Crippen molar-refractivity contribution >= 4 is 29.7 Å². The van der Waals surface area contributed by atoms with Crippen LogP contribution in [0.25, 0.3) is 0 Å². The Balaban J connectivity index is 1.75. The number of carbonyl (C=O) groups is 3. The molecule has 3 N–H and O–H groups in total. The molecule has 0 aliphatic carbocycles. The van der Waals surface area contributed by atoms with Gasteiger partial charge in [0, 0.05) is 26.6 Å². The summed E-state index contributed by atoms with van der Waals surface area (Å²) in [5, 5.41) is 14.8. The number of nitrogens with zero attached hydrogens (tertiary/aromatic N) is 1. The van der Waals surface area contributed by atoms with Gasteiger partial charge < -0.3 is 20.6 Å². The van der Waals surface area contributed by atoms with E-state index in [2.05, 4.69) is 10.6 Å². The summed E-state index contributed by atoms with van der Waals surface area (Å²) in [5.74, 6) is 0.0874. The number of carboxylic acids is 1. The minimum Gasteiger partial charge on any atom is -0.480 e. The van der Waals surface area contributed by atoms with Crippen LogP contribution in [-0.4, -0.2) is 58.6 Å². The van der Waals surface area contributed by atoms with E-state index < -0.39 is 11.5 Å². The average Bonchev–Trinajstić information content (AvgIpc) is 2.63. The second kappa shape index (κ2) is 9.47. The number of hydrogen-bond acceptors (Lipinski definition) is 4. The molecule has 1 aromatic rings. The van der Waals surface area contributed by atoms with Crippen LogP contribution in [0.2, 0.25) is 0 Å². The third-order valence-electron chi connectivity index (χ3n) is 4.37. The molecule has 0 bridgehead atoms. The molecule has 0 unspecified atom stereocenters. The van der Waals surface area contributed by atoms with Gasteiger partial charge in [0.25, 0.3) is 0 Å². The van der Waals surface area contributed by atoms with Crippen molar-refractivity contribution in [3.63, 3.8) is 0 Å². The maximum absolute atomic E-state index is 12.1. The van der Waals surface area contributed by atoms with Gasteiger partial charge in [-0.2, -0.15) is 11.8 Å². The summed E-state index contributed by atoms with van der Waals surface area (Å²) in [4.78, 5) is 37.3. The first-order valence-corrected chi connectivity index (χ1v) is 9.73. The van der Waals surface area contributed by atoms with Crippen LogP contribution in [0.3, 0.4) is 0 Å². The Morgan fingerprint density at radius 3 is 2.46 bits per heavy atom. The highest BCUT2D eigenvalue weighted by molar-refractivity contribution is 7.99. The van der Waals surface area contributed by atoms with Crippen molar-refractivity contribution in [3.8, 4) is 0 Å². The molecule has 8 heteroatoms. The van der Waals surface area contributed by atoms with Crippen LogP contribution in [0.5, 0.6) is 0 Å². The first kappa shape index (κ1) is 20.1. The molecule has 1 fully saturated rings. The summed E-state index contributed by atoms with van der Waals surface area (Å²) in [5.41, 5.74) is -0.155. The lowest BCUT2D eigenvalue weighted by Gasteiger charge is -2.33. The molecule has 3 amide bonds. The highest BCUT2D eigenvalue weighted by atomic mass is 32.2. The fourth-order valence-electron chi connectivity index (χ4n) is 2.79. The van der Waals surface area contributed by atoms with Crippen molar-refractivity contribution in [1.82, 2.24) is 15.5 Å². The van der Waals surface area contributed by atoms with E-state index >= 15 is 0 Å². The number of amides is 3. The van der Waals surface area contributed by atoms with Gasteiger partial charge in [0.15, 0.2) is 0 Å². The zero-order valence-corrected chi connectivity index (χ0v) is 15.7. The van der Waals surface area contributed by atoms with Crippen LogP contribution in [0.4, 0.5) is 4.79 Å². The summed E-state index contributed by atoms with van der Waals surface area (Å²) < 4.78 is 0. The van der Waals surface area contributed by atoms with Gasteiger partial charge in [-0.1, -0.05) is 30.3 Å². The molecule has 0 radical (unpaired) electrons. The number of aliphatic carboxylic acids is 1. The SMILES string of the molecule is CN(Cc1ccccc1)C(=O)NCCC(=O)NC1(C(=O)O)CCSCC1. The number of carbonyl (C=O) groups excluding carboxylic acids is 2. The lowest BCUT2D eigenvalue weighted by atomic mass is 9.92. The van der Waals surface area contributed by atoms with Crippen molar-refractivity contribution in [2.75, 3.05) is 25.1 Å². The summed E-state index contributed by atoms with van der Waals surface area (Å²) >= 11 is 1.69. The Kier molecular flexibility index (Phi) is 7.32. The average molecular weight is 379 g/mol. The van der Waals surface area contributed by atoms with Gasteiger partial charge in [-0.15, -0.1) is 0 Å². The maximum Gasteiger partial charge on any atom is 0.329 e. The molecule has 2 rings (SSSR count). The predicted molar refractivity (Wildman–Crippen MR) is 101 cm³/mol. The Morgan fingerprint density at radius 1 is 1.19 bits per heavy atom. The standard InChI is InChI=1S/C18H25N3O4S/c1-21(13-14-5-3-2-4-6-14)17(25)19-10-7-15(22)20-18(16(23)24)8-11-26-12-9-18/h2-6H,7-13H2,1H3,(H,19,25)(H,20,22)(H,23,24). The third-order valence-corrected chi connectivity index (χ3v) is 5.36. The first-order chi connectivity index (χ1) is 12.4. The van der Waals surface area contributed by atoms with Crippen LogP contribution >= 0.6 is 11.8 Å². The molecule has 142 valence electrons. The number of rotatable bonds is 7. The zero-order valence-electron chi connectivity index (χ0n) is 14.9. The smallest absolute Gasteiger partial charge is 0.329 e. The highest BCUT2D eigenvalue weighted by Crippen LogP contribution is 2.27. The lowest BCUT2D eigenvalue weighted by Crippen LogP contribution is -2.56. The molecule has 0 spiro atoms. The van der Waals surface area contributed by atoms with Crippen molar-refractivity contribution in [2.45, 2.75) is 31.3 Å². The minimum atomic E-state index is -1.17. The normalized spacial score (nSPS) is 15.7. The molecular formula is C18H25N3O4S. The van der Waals surface area contributed by atoms with E-state index in [9.17, 15) is 19.5 Å². The predicted octanol–water partition coefficient (Wildman–Crippen LogP) is 1.68. The number of thioether (sulfide) groups is 1. The van der Waals surface area contributed by atoms with E-state index in [-0.39, 0.29) is 24.9 Å². The first-order valence-electron chi connectivity index (χ1n) is 8.58. The van der Waals surface area contributed by atoms with Gasteiger partial charge in [0.1, 0.15) is 5.54 Å². The fourth-order valence-corrected chi connectivity index (χ4v) is 3.98. The highest BCUT2D eigenvalue weighted by Gasteiger charge is 2.41. The number of carboxylic acid groups (broad SMARTS) is 1. The summed E-state index contributed by atoms with van der Waals surface area (Å²) in [7, 11) is 1.68.